The molecule has 0 unspecified atom stereocenters. The predicted molar refractivity (Wildman–Crippen MR) is 128 cm³/mol. The molecule has 2 aromatic heterocycles. The molecule has 0 amide bonds. The summed E-state index contributed by atoms with van der Waals surface area (Å²) in [5, 5.41) is 1.97. The fraction of sp³-hybridized carbons (Fsp3) is 0.0800. The van der Waals surface area contributed by atoms with Crippen LogP contribution in [-0.4, -0.2) is 24.1 Å². The SMILES string of the molecule is CS(=O)(=O)c1cccc(-c2c(-c3cccc(OCc4ccccc4)c3)nc3sccn23)c1. The predicted octanol–water partition coefficient (Wildman–Crippen LogP) is 5.71. The number of imidazole rings is 1. The van der Waals surface area contributed by atoms with E-state index in [4.69, 9.17) is 9.72 Å². The fourth-order valence-electron chi connectivity index (χ4n) is 3.61. The smallest absolute Gasteiger partial charge is 0.194 e. The van der Waals surface area contributed by atoms with Crippen LogP contribution >= 0.6 is 11.3 Å². The van der Waals surface area contributed by atoms with Crippen molar-refractivity contribution < 1.29 is 13.2 Å². The molecule has 0 bridgehead atoms. The van der Waals surface area contributed by atoms with E-state index >= 15 is 0 Å². The monoisotopic (exact) mass is 460 g/mol. The molecule has 7 heteroatoms. The number of aromatic nitrogens is 2. The highest BCUT2D eigenvalue weighted by molar-refractivity contribution is 7.90. The van der Waals surface area contributed by atoms with Crippen LogP contribution in [0.15, 0.2) is 95.3 Å². The Morgan fingerprint density at radius 1 is 0.938 bits per heavy atom. The average molecular weight is 461 g/mol. The fourth-order valence-corrected chi connectivity index (χ4v) is 4.99. The highest BCUT2D eigenvalue weighted by atomic mass is 32.2. The lowest BCUT2D eigenvalue weighted by Gasteiger charge is -2.10. The van der Waals surface area contributed by atoms with Crippen LogP contribution in [0.1, 0.15) is 5.56 Å². The number of benzene rings is 3. The number of nitrogens with zero attached hydrogens (tertiary/aromatic N) is 2. The normalized spacial score (nSPS) is 11.7. The van der Waals surface area contributed by atoms with Crippen molar-refractivity contribution in [1.82, 2.24) is 9.38 Å². The van der Waals surface area contributed by atoms with Crippen molar-refractivity contribution in [3.8, 4) is 28.3 Å². The largest absolute Gasteiger partial charge is 0.489 e. The number of thiazole rings is 1. The van der Waals surface area contributed by atoms with Crippen LogP contribution in [0.3, 0.4) is 0 Å². The third-order valence-electron chi connectivity index (χ3n) is 5.15. The van der Waals surface area contributed by atoms with Crippen molar-refractivity contribution in [2.45, 2.75) is 11.5 Å². The topological polar surface area (TPSA) is 60.7 Å². The minimum Gasteiger partial charge on any atom is -0.489 e. The summed E-state index contributed by atoms with van der Waals surface area (Å²) in [6.45, 7) is 0.478. The molecular weight excluding hydrogens is 440 g/mol. The van der Waals surface area contributed by atoms with Gasteiger partial charge in [0.2, 0.25) is 0 Å². The lowest BCUT2D eigenvalue weighted by molar-refractivity contribution is 0.306. The van der Waals surface area contributed by atoms with Gasteiger partial charge in [-0.2, -0.15) is 0 Å². The Hall–Kier alpha value is -3.42. The summed E-state index contributed by atoms with van der Waals surface area (Å²) in [6, 6.07) is 24.8. The van der Waals surface area contributed by atoms with E-state index in [1.54, 1.807) is 18.2 Å². The van der Waals surface area contributed by atoms with E-state index in [9.17, 15) is 8.42 Å². The lowest BCUT2D eigenvalue weighted by Crippen LogP contribution is -1.98. The van der Waals surface area contributed by atoms with Gasteiger partial charge in [-0.25, -0.2) is 13.4 Å². The molecule has 5 nitrogen and oxygen atoms in total. The van der Waals surface area contributed by atoms with E-state index in [0.717, 1.165) is 38.8 Å². The summed E-state index contributed by atoms with van der Waals surface area (Å²) < 4.78 is 32.2. The Bertz CT molecular complexity index is 1500. The van der Waals surface area contributed by atoms with Crippen LogP contribution in [0.4, 0.5) is 0 Å². The first-order chi connectivity index (χ1) is 15.5. The second-order valence-corrected chi connectivity index (χ2v) is 10.4. The Morgan fingerprint density at radius 2 is 1.72 bits per heavy atom. The standard InChI is InChI=1S/C25H20N2O3S2/c1-32(28,29)22-12-6-10-20(16-22)24-23(26-25-27(24)13-14-31-25)19-9-5-11-21(15-19)30-17-18-7-3-2-4-8-18/h2-16H,17H2,1H3. The molecular formula is C25H20N2O3S2. The number of hydrogen-bond acceptors (Lipinski definition) is 5. The molecule has 0 aliphatic rings. The molecule has 0 radical (unpaired) electrons. The lowest BCUT2D eigenvalue weighted by atomic mass is 10.0. The molecule has 32 heavy (non-hydrogen) atoms. The summed E-state index contributed by atoms with van der Waals surface area (Å²) >= 11 is 1.54. The first kappa shape index (κ1) is 20.5. The molecule has 0 spiro atoms. The van der Waals surface area contributed by atoms with Gasteiger partial charge in [-0.05, 0) is 29.8 Å². The van der Waals surface area contributed by atoms with Crippen LogP contribution in [0, 0.1) is 0 Å². The minimum atomic E-state index is -3.32. The van der Waals surface area contributed by atoms with Crippen molar-refractivity contribution in [3.63, 3.8) is 0 Å². The van der Waals surface area contributed by atoms with Crippen molar-refractivity contribution in [2.75, 3.05) is 6.26 Å². The zero-order chi connectivity index (χ0) is 22.1. The summed E-state index contributed by atoms with van der Waals surface area (Å²) in [7, 11) is -3.32. The highest BCUT2D eigenvalue weighted by Gasteiger charge is 2.19. The zero-order valence-electron chi connectivity index (χ0n) is 17.3. The van der Waals surface area contributed by atoms with Gasteiger partial charge in [0.05, 0.1) is 16.3 Å². The van der Waals surface area contributed by atoms with Crippen LogP contribution in [0.2, 0.25) is 0 Å². The zero-order valence-corrected chi connectivity index (χ0v) is 18.9. The maximum Gasteiger partial charge on any atom is 0.194 e. The van der Waals surface area contributed by atoms with E-state index in [2.05, 4.69) is 0 Å². The third-order valence-corrected chi connectivity index (χ3v) is 7.02. The molecule has 5 rings (SSSR count). The van der Waals surface area contributed by atoms with E-state index in [-0.39, 0.29) is 4.90 Å². The van der Waals surface area contributed by atoms with Gasteiger partial charge in [0.1, 0.15) is 12.4 Å². The van der Waals surface area contributed by atoms with E-state index in [0.29, 0.717) is 6.61 Å². The van der Waals surface area contributed by atoms with Crippen molar-refractivity contribution >= 4 is 26.1 Å². The quantitative estimate of drug-likeness (QED) is 0.326. The van der Waals surface area contributed by atoms with Crippen LogP contribution in [0.25, 0.3) is 27.5 Å². The van der Waals surface area contributed by atoms with Gasteiger partial charge in [-0.1, -0.05) is 54.6 Å². The Kier molecular flexibility index (Phi) is 5.28. The second-order valence-electron chi connectivity index (χ2n) is 7.47. The molecule has 0 saturated heterocycles. The second kappa shape index (κ2) is 8.26. The Morgan fingerprint density at radius 3 is 2.53 bits per heavy atom. The number of sulfone groups is 1. The Balaban J connectivity index is 1.57. The number of rotatable bonds is 6. The van der Waals surface area contributed by atoms with Gasteiger partial charge in [0.15, 0.2) is 14.8 Å². The number of fused-ring (bicyclic) bond motifs is 1. The van der Waals surface area contributed by atoms with E-state index < -0.39 is 9.84 Å². The summed E-state index contributed by atoms with van der Waals surface area (Å²) in [4.78, 5) is 5.97. The van der Waals surface area contributed by atoms with Crippen LogP contribution in [0.5, 0.6) is 5.75 Å². The molecule has 0 aliphatic heterocycles. The molecule has 0 fully saturated rings. The molecule has 2 heterocycles. The minimum absolute atomic E-state index is 0.283. The highest BCUT2D eigenvalue weighted by Crippen LogP contribution is 2.36. The average Bonchev–Trinajstić information content (AvgIpc) is 3.39. The van der Waals surface area contributed by atoms with Gasteiger partial charge in [-0.15, -0.1) is 11.3 Å². The van der Waals surface area contributed by atoms with Gasteiger partial charge < -0.3 is 4.74 Å². The van der Waals surface area contributed by atoms with Crippen LogP contribution in [-0.2, 0) is 16.4 Å². The maximum atomic E-state index is 12.1. The first-order valence-corrected chi connectivity index (χ1v) is 12.8. The van der Waals surface area contributed by atoms with Crippen LogP contribution < -0.4 is 4.74 Å². The maximum absolute atomic E-state index is 12.1. The summed E-state index contributed by atoms with van der Waals surface area (Å²) in [5.41, 5.74) is 4.44. The molecule has 0 N–H and O–H groups in total. The number of hydrogen-bond donors (Lipinski definition) is 0. The number of ether oxygens (including phenoxy) is 1. The van der Waals surface area contributed by atoms with Crippen molar-refractivity contribution in [2.24, 2.45) is 0 Å². The Labute approximate surface area is 190 Å². The van der Waals surface area contributed by atoms with Gasteiger partial charge in [0, 0.05) is 29.0 Å². The van der Waals surface area contributed by atoms with E-state index in [1.807, 2.05) is 76.6 Å². The molecule has 160 valence electrons. The molecule has 5 aromatic rings. The molecule has 0 saturated carbocycles. The van der Waals surface area contributed by atoms with Gasteiger partial charge in [0.25, 0.3) is 0 Å². The molecule has 0 aliphatic carbocycles. The third kappa shape index (κ3) is 4.04. The molecule has 3 aromatic carbocycles. The van der Waals surface area contributed by atoms with Gasteiger partial charge >= 0.3 is 0 Å². The van der Waals surface area contributed by atoms with Crippen molar-refractivity contribution in [1.29, 1.82) is 0 Å². The van der Waals surface area contributed by atoms with Gasteiger partial charge in [-0.3, -0.25) is 4.40 Å². The first-order valence-electron chi connectivity index (χ1n) is 10.0. The summed E-state index contributed by atoms with van der Waals surface area (Å²) in [5.74, 6) is 0.749. The summed E-state index contributed by atoms with van der Waals surface area (Å²) in [6.07, 6.45) is 3.17. The van der Waals surface area contributed by atoms with Crippen molar-refractivity contribution in [3.05, 3.63) is 96.0 Å². The van der Waals surface area contributed by atoms with E-state index in [1.165, 1.54) is 17.6 Å². The molecule has 0 atom stereocenters.